The van der Waals surface area contributed by atoms with Crippen molar-refractivity contribution >= 4 is 16.5 Å². The number of hydrogen-bond acceptors (Lipinski definition) is 5. The van der Waals surface area contributed by atoms with Gasteiger partial charge in [0, 0.05) is 19.7 Å². The molecule has 1 aromatic rings. The Kier molecular flexibility index (Phi) is 7.34. The highest BCUT2D eigenvalue weighted by atomic mass is 32.1. The lowest BCUT2D eigenvalue weighted by atomic mass is 10.2. The summed E-state index contributed by atoms with van der Waals surface area (Å²) in [4.78, 5) is 7.86. The number of methoxy groups -OCH3 is 1. The molecule has 4 nitrogen and oxygen atoms in total. The van der Waals surface area contributed by atoms with Crippen LogP contribution < -0.4 is 4.90 Å². The molecule has 0 aliphatic carbocycles. The summed E-state index contributed by atoms with van der Waals surface area (Å²) in [5.74, 6) is 0. The number of anilines is 1. The minimum Gasteiger partial charge on any atom is -0.391 e. The molecule has 0 aliphatic heterocycles. The van der Waals surface area contributed by atoms with Gasteiger partial charge in [0.1, 0.15) is 0 Å². The molecule has 19 heavy (non-hydrogen) atoms. The van der Waals surface area contributed by atoms with Crippen molar-refractivity contribution in [3.05, 3.63) is 10.6 Å². The summed E-state index contributed by atoms with van der Waals surface area (Å²) < 4.78 is 5.14. The second-order valence-electron chi connectivity index (χ2n) is 4.95. The van der Waals surface area contributed by atoms with Gasteiger partial charge < -0.3 is 14.7 Å². The van der Waals surface area contributed by atoms with E-state index >= 15 is 0 Å². The van der Waals surface area contributed by atoms with Crippen molar-refractivity contribution in [3.8, 4) is 0 Å². The fourth-order valence-corrected chi connectivity index (χ4v) is 3.05. The van der Waals surface area contributed by atoms with Crippen molar-refractivity contribution < 1.29 is 9.84 Å². The molecule has 0 atom stereocenters. The summed E-state index contributed by atoms with van der Waals surface area (Å²) in [7, 11) is 1.65. The van der Waals surface area contributed by atoms with Gasteiger partial charge in [-0.1, -0.05) is 31.1 Å². The van der Waals surface area contributed by atoms with Crippen molar-refractivity contribution in [2.75, 3.05) is 18.6 Å². The van der Waals surface area contributed by atoms with Crippen LogP contribution in [-0.4, -0.2) is 29.8 Å². The Balaban J connectivity index is 2.83. The Morgan fingerprint density at radius 2 is 2.11 bits per heavy atom. The highest BCUT2D eigenvalue weighted by Gasteiger charge is 2.17. The third-order valence-electron chi connectivity index (χ3n) is 3.06. The lowest BCUT2D eigenvalue weighted by Gasteiger charge is -2.26. The number of thiazole rings is 1. The summed E-state index contributed by atoms with van der Waals surface area (Å²) in [6, 6.07) is 0.421. The van der Waals surface area contributed by atoms with Gasteiger partial charge in [-0.3, -0.25) is 0 Å². The average Bonchev–Trinajstić information content (AvgIpc) is 2.77. The Labute approximate surface area is 120 Å². The Morgan fingerprint density at radius 3 is 2.63 bits per heavy atom. The molecule has 0 saturated heterocycles. The maximum atomic E-state index is 9.39. The summed E-state index contributed by atoms with van der Waals surface area (Å²) in [5.41, 5.74) is 0.867. The van der Waals surface area contributed by atoms with Crippen LogP contribution >= 0.6 is 11.3 Å². The van der Waals surface area contributed by atoms with Gasteiger partial charge in [0.05, 0.1) is 23.8 Å². The molecule has 0 bridgehead atoms. The van der Waals surface area contributed by atoms with Gasteiger partial charge in [0.2, 0.25) is 0 Å². The van der Waals surface area contributed by atoms with E-state index in [4.69, 9.17) is 4.74 Å². The quantitative estimate of drug-likeness (QED) is 0.708. The van der Waals surface area contributed by atoms with Crippen LogP contribution in [-0.2, 0) is 18.0 Å². The maximum Gasteiger partial charge on any atom is 0.186 e. The van der Waals surface area contributed by atoms with Gasteiger partial charge in [0.25, 0.3) is 0 Å². The van der Waals surface area contributed by atoms with Crippen molar-refractivity contribution in [1.29, 1.82) is 0 Å². The fraction of sp³-hybridized carbons (Fsp3) is 0.786. The fourth-order valence-electron chi connectivity index (χ4n) is 1.97. The number of nitrogens with zero attached hydrogens (tertiary/aromatic N) is 2. The summed E-state index contributed by atoms with van der Waals surface area (Å²) >= 11 is 1.58. The predicted octanol–water partition coefficient (Wildman–Crippen LogP) is 3.19. The molecule has 0 aromatic carbocycles. The molecule has 1 aromatic heterocycles. The second kappa shape index (κ2) is 8.51. The van der Waals surface area contributed by atoms with E-state index in [0.29, 0.717) is 12.6 Å². The normalized spacial score (nSPS) is 11.3. The molecule has 0 spiro atoms. The van der Waals surface area contributed by atoms with Crippen LogP contribution in [0.4, 0.5) is 5.13 Å². The topological polar surface area (TPSA) is 45.6 Å². The zero-order valence-electron chi connectivity index (χ0n) is 12.5. The third-order valence-corrected chi connectivity index (χ3v) is 4.18. The highest BCUT2D eigenvalue weighted by Crippen LogP contribution is 2.28. The molecule has 0 amide bonds. The molecular weight excluding hydrogens is 260 g/mol. The van der Waals surface area contributed by atoms with E-state index in [9.17, 15) is 5.11 Å². The minimum atomic E-state index is 0.0389. The molecule has 110 valence electrons. The van der Waals surface area contributed by atoms with E-state index in [0.717, 1.165) is 22.2 Å². The second-order valence-corrected chi connectivity index (χ2v) is 6.01. The third kappa shape index (κ3) is 4.75. The Hall–Kier alpha value is -0.650. The van der Waals surface area contributed by atoms with Crippen molar-refractivity contribution in [3.63, 3.8) is 0 Å². The van der Waals surface area contributed by atoms with Gasteiger partial charge in [-0.15, -0.1) is 0 Å². The van der Waals surface area contributed by atoms with Crippen LogP contribution in [0.2, 0.25) is 0 Å². The van der Waals surface area contributed by atoms with E-state index in [2.05, 4.69) is 30.7 Å². The molecule has 5 heteroatoms. The maximum absolute atomic E-state index is 9.39. The molecule has 0 fully saturated rings. The SMILES string of the molecule is CCCCCN(c1nc(COC)c(CO)s1)C(C)C. The molecule has 1 heterocycles. The minimum absolute atomic E-state index is 0.0389. The number of hydrogen-bond donors (Lipinski definition) is 1. The van der Waals surface area contributed by atoms with Crippen LogP contribution in [0.5, 0.6) is 0 Å². The van der Waals surface area contributed by atoms with Gasteiger partial charge in [-0.2, -0.15) is 0 Å². The number of ether oxygens (including phenoxy) is 1. The molecule has 1 rings (SSSR count). The first-order chi connectivity index (χ1) is 9.13. The smallest absolute Gasteiger partial charge is 0.186 e. The number of unbranched alkanes of at least 4 members (excludes halogenated alkanes) is 2. The predicted molar refractivity (Wildman–Crippen MR) is 80.8 cm³/mol. The largest absolute Gasteiger partial charge is 0.391 e. The van der Waals surface area contributed by atoms with Gasteiger partial charge >= 0.3 is 0 Å². The van der Waals surface area contributed by atoms with E-state index in [1.165, 1.54) is 19.3 Å². The van der Waals surface area contributed by atoms with Crippen LogP contribution in [0.3, 0.4) is 0 Å². The molecular formula is C14H26N2O2S. The molecule has 0 saturated carbocycles. The summed E-state index contributed by atoms with van der Waals surface area (Å²) in [6.07, 6.45) is 3.65. The number of rotatable bonds is 9. The zero-order valence-corrected chi connectivity index (χ0v) is 13.3. The number of aromatic nitrogens is 1. The van der Waals surface area contributed by atoms with E-state index in [1.54, 1.807) is 18.4 Å². The summed E-state index contributed by atoms with van der Waals surface area (Å²) in [5, 5.41) is 10.4. The van der Waals surface area contributed by atoms with Gasteiger partial charge in [-0.05, 0) is 20.3 Å². The van der Waals surface area contributed by atoms with Crippen molar-refractivity contribution in [2.45, 2.75) is 59.3 Å². The van der Waals surface area contributed by atoms with E-state index in [-0.39, 0.29) is 6.61 Å². The van der Waals surface area contributed by atoms with Crippen LogP contribution in [0.1, 0.15) is 50.6 Å². The lowest BCUT2D eigenvalue weighted by Crippen LogP contribution is -2.31. The molecule has 1 N–H and O–H groups in total. The first-order valence-electron chi connectivity index (χ1n) is 6.99. The molecule has 0 unspecified atom stereocenters. The number of aliphatic hydroxyl groups excluding tert-OH is 1. The highest BCUT2D eigenvalue weighted by molar-refractivity contribution is 7.15. The van der Waals surface area contributed by atoms with E-state index < -0.39 is 0 Å². The molecule has 0 aliphatic rings. The van der Waals surface area contributed by atoms with E-state index in [1.807, 2.05) is 0 Å². The van der Waals surface area contributed by atoms with Crippen molar-refractivity contribution in [1.82, 2.24) is 4.98 Å². The standard InChI is InChI=1S/C14H26N2O2S/c1-5-6-7-8-16(11(2)3)14-15-12(10-18-4)13(9-17)19-14/h11,17H,5-10H2,1-4H3. The average molecular weight is 286 g/mol. The monoisotopic (exact) mass is 286 g/mol. The van der Waals surface area contributed by atoms with Crippen molar-refractivity contribution in [2.24, 2.45) is 0 Å². The Bertz CT molecular complexity index is 366. The number of aliphatic hydroxyl groups is 1. The first-order valence-corrected chi connectivity index (χ1v) is 7.80. The first kappa shape index (κ1) is 16.4. The van der Waals surface area contributed by atoms with Gasteiger partial charge in [-0.25, -0.2) is 4.98 Å². The van der Waals surface area contributed by atoms with Crippen LogP contribution in [0, 0.1) is 0 Å². The molecule has 0 radical (unpaired) electrons. The van der Waals surface area contributed by atoms with Gasteiger partial charge in [0.15, 0.2) is 5.13 Å². The zero-order chi connectivity index (χ0) is 14.3. The lowest BCUT2D eigenvalue weighted by molar-refractivity contribution is 0.179. The summed E-state index contributed by atoms with van der Waals surface area (Å²) in [6.45, 7) is 8.11. The van der Waals surface area contributed by atoms with Crippen LogP contribution in [0.15, 0.2) is 0 Å². The Morgan fingerprint density at radius 1 is 1.37 bits per heavy atom. The van der Waals surface area contributed by atoms with Crippen LogP contribution in [0.25, 0.3) is 0 Å².